The van der Waals surface area contributed by atoms with Gasteiger partial charge in [-0.25, -0.2) is 9.37 Å². The van der Waals surface area contributed by atoms with Crippen molar-refractivity contribution in [3.8, 4) is 0 Å². The molecular formula is C14H14BrClFN3O. The second-order valence-electron chi connectivity index (χ2n) is 5.28. The molecule has 1 saturated heterocycles. The molecule has 1 atom stereocenters. The fourth-order valence-corrected chi connectivity index (χ4v) is 3.14. The summed E-state index contributed by atoms with van der Waals surface area (Å²) in [5.41, 5.74) is 0.965. The lowest BCUT2D eigenvalue weighted by molar-refractivity contribution is 0.154. The Morgan fingerprint density at radius 2 is 2.24 bits per heavy atom. The van der Waals surface area contributed by atoms with Gasteiger partial charge in [0.15, 0.2) is 5.82 Å². The Morgan fingerprint density at radius 3 is 2.95 bits per heavy atom. The van der Waals surface area contributed by atoms with Crippen molar-refractivity contribution in [1.82, 2.24) is 9.97 Å². The molecule has 1 aromatic heterocycles. The molecule has 1 aromatic carbocycles. The average Bonchev–Trinajstić information content (AvgIpc) is 2.45. The second-order valence-corrected chi connectivity index (χ2v) is 6.41. The lowest BCUT2D eigenvalue weighted by atomic mass is 10.1. The van der Waals surface area contributed by atoms with Crippen LogP contribution < -0.4 is 4.90 Å². The van der Waals surface area contributed by atoms with Crippen LogP contribution in [0.25, 0.3) is 10.9 Å². The van der Waals surface area contributed by atoms with Crippen LogP contribution in [0.5, 0.6) is 0 Å². The zero-order valence-electron chi connectivity index (χ0n) is 11.4. The smallest absolute Gasteiger partial charge is 0.225 e. The molecular weight excluding hydrogens is 361 g/mol. The quantitative estimate of drug-likeness (QED) is 0.777. The molecule has 7 heteroatoms. The molecule has 2 aromatic rings. The van der Waals surface area contributed by atoms with Crippen LogP contribution in [0.1, 0.15) is 18.4 Å². The van der Waals surface area contributed by atoms with Crippen LogP contribution in [0, 0.1) is 12.7 Å². The van der Waals surface area contributed by atoms with Gasteiger partial charge in [0.1, 0.15) is 11.3 Å². The van der Waals surface area contributed by atoms with E-state index in [4.69, 9.17) is 11.6 Å². The van der Waals surface area contributed by atoms with Crippen molar-refractivity contribution in [1.29, 1.82) is 0 Å². The molecule has 0 spiro atoms. The van der Waals surface area contributed by atoms with Gasteiger partial charge in [-0.1, -0.05) is 0 Å². The van der Waals surface area contributed by atoms with Gasteiger partial charge in [0.05, 0.1) is 10.6 Å². The molecule has 1 unspecified atom stereocenters. The maximum atomic E-state index is 14.4. The summed E-state index contributed by atoms with van der Waals surface area (Å²) in [7, 11) is 0. The summed E-state index contributed by atoms with van der Waals surface area (Å²) in [6, 6.07) is 1.84. The highest BCUT2D eigenvalue weighted by molar-refractivity contribution is 9.10. The second kappa shape index (κ2) is 5.66. The number of rotatable bonds is 1. The Balaban J connectivity index is 2.22. The molecule has 112 valence electrons. The fraction of sp³-hybridized carbons (Fsp3) is 0.429. The minimum Gasteiger partial charge on any atom is -0.391 e. The number of fused-ring (bicyclic) bond motifs is 1. The number of aromatic nitrogens is 2. The number of hydrogen-bond acceptors (Lipinski definition) is 4. The van der Waals surface area contributed by atoms with E-state index in [1.165, 1.54) is 0 Å². The first kappa shape index (κ1) is 14.9. The van der Waals surface area contributed by atoms with Gasteiger partial charge in [-0.15, -0.1) is 0 Å². The highest BCUT2D eigenvalue weighted by Gasteiger charge is 2.23. The van der Waals surface area contributed by atoms with Crippen molar-refractivity contribution in [2.45, 2.75) is 25.9 Å². The minimum atomic E-state index is -0.437. The number of benzene rings is 1. The summed E-state index contributed by atoms with van der Waals surface area (Å²) >= 11 is 9.17. The maximum Gasteiger partial charge on any atom is 0.225 e. The average molecular weight is 375 g/mol. The SMILES string of the molecule is Cc1cc2c(N3CCCC(O)C3)nc(Cl)nc2c(F)c1Br. The molecule has 1 fully saturated rings. The van der Waals surface area contributed by atoms with E-state index >= 15 is 0 Å². The molecule has 1 aliphatic heterocycles. The van der Waals surface area contributed by atoms with Gasteiger partial charge in [-0.2, -0.15) is 4.98 Å². The number of aliphatic hydroxyl groups is 1. The van der Waals surface area contributed by atoms with E-state index in [-0.39, 0.29) is 10.8 Å². The van der Waals surface area contributed by atoms with Crippen molar-refractivity contribution >= 4 is 44.3 Å². The largest absolute Gasteiger partial charge is 0.391 e. The van der Waals surface area contributed by atoms with Gasteiger partial charge < -0.3 is 10.0 Å². The van der Waals surface area contributed by atoms with Gasteiger partial charge in [-0.05, 0) is 58.9 Å². The van der Waals surface area contributed by atoms with Crippen LogP contribution in [0.15, 0.2) is 10.5 Å². The Kier molecular flexibility index (Phi) is 4.03. The van der Waals surface area contributed by atoms with Crippen LogP contribution in [0.4, 0.5) is 10.2 Å². The number of halogens is 3. The summed E-state index contributed by atoms with van der Waals surface area (Å²) in [6.45, 7) is 3.05. The molecule has 4 nitrogen and oxygen atoms in total. The van der Waals surface area contributed by atoms with Crippen molar-refractivity contribution in [3.05, 3.63) is 27.2 Å². The first-order valence-electron chi connectivity index (χ1n) is 6.72. The predicted molar refractivity (Wildman–Crippen MR) is 84.4 cm³/mol. The number of anilines is 1. The molecule has 0 amide bonds. The van der Waals surface area contributed by atoms with Crippen LogP contribution in [0.2, 0.25) is 5.28 Å². The molecule has 1 N–H and O–H groups in total. The zero-order chi connectivity index (χ0) is 15.1. The maximum absolute atomic E-state index is 14.4. The van der Waals surface area contributed by atoms with Gasteiger partial charge >= 0.3 is 0 Å². The third-order valence-corrected chi connectivity index (χ3v) is 4.84. The lowest BCUT2D eigenvalue weighted by Crippen LogP contribution is -2.38. The lowest BCUT2D eigenvalue weighted by Gasteiger charge is -2.31. The van der Waals surface area contributed by atoms with E-state index in [2.05, 4.69) is 25.9 Å². The fourth-order valence-electron chi connectivity index (χ4n) is 2.68. The highest BCUT2D eigenvalue weighted by atomic mass is 79.9. The highest BCUT2D eigenvalue weighted by Crippen LogP contribution is 2.34. The van der Waals surface area contributed by atoms with Crippen molar-refractivity contribution in [2.24, 2.45) is 0 Å². The molecule has 21 heavy (non-hydrogen) atoms. The summed E-state index contributed by atoms with van der Waals surface area (Å²) in [6.07, 6.45) is 1.23. The number of hydrogen-bond donors (Lipinski definition) is 1. The Labute approximate surface area is 135 Å². The van der Waals surface area contributed by atoms with E-state index < -0.39 is 11.9 Å². The summed E-state index contributed by atoms with van der Waals surface area (Å²) in [5, 5.41) is 10.5. The number of nitrogens with zero attached hydrogens (tertiary/aromatic N) is 3. The number of aliphatic hydroxyl groups excluding tert-OH is 1. The van der Waals surface area contributed by atoms with Gasteiger partial charge in [0, 0.05) is 18.5 Å². The van der Waals surface area contributed by atoms with E-state index in [0.29, 0.717) is 22.2 Å². The van der Waals surface area contributed by atoms with Gasteiger partial charge in [-0.3, -0.25) is 0 Å². The Hall–Kier alpha value is -0.980. The molecule has 1 aliphatic rings. The van der Waals surface area contributed by atoms with Gasteiger partial charge in [0.2, 0.25) is 5.28 Å². The normalized spacial score (nSPS) is 19.3. The standard InChI is InChI=1S/C14H14BrClFN3O/c1-7-5-9-12(11(17)10(7)15)18-14(16)19-13(9)20-4-2-3-8(21)6-20/h5,8,21H,2-4,6H2,1H3. The first-order chi connectivity index (χ1) is 9.97. The third kappa shape index (κ3) is 2.72. The molecule has 0 aliphatic carbocycles. The molecule has 0 saturated carbocycles. The van der Waals surface area contributed by atoms with Crippen molar-refractivity contribution in [2.75, 3.05) is 18.0 Å². The summed E-state index contributed by atoms with van der Waals surface area (Å²) in [5.74, 6) is 0.145. The molecule has 0 bridgehead atoms. The molecule has 0 radical (unpaired) electrons. The Morgan fingerprint density at radius 1 is 1.48 bits per heavy atom. The third-order valence-electron chi connectivity index (χ3n) is 3.70. The molecule has 3 rings (SSSR count). The zero-order valence-corrected chi connectivity index (χ0v) is 13.7. The molecule has 2 heterocycles. The minimum absolute atomic E-state index is 0.00668. The van der Waals surface area contributed by atoms with Crippen LogP contribution >= 0.6 is 27.5 Å². The van der Waals surface area contributed by atoms with E-state index in [0.717, 1.165) is 24.9 Å². The predicted octanol–water partition coefficient (Wildman–Crippen LogP) is 3.45. The Bertz CT molecular complexity index is 712. The number of β-amino-alcohol motifs (C(OH)–C–C–N with tert-alkyl or cyclic N) is 1. The van der Waals surface area contributed by atoms with E-state index in [1.807, 2.05) is 17.9 Å². The monoisotopic (exact) mass is 373 g/mol. The summed E-state index contributed by atoms with van der Waals surface area (Å²) in [4.78, 5) is 10.2. The van der Waals surface area contributed by atoms with Gasteiger partial charge in [0.25, 0.3) is 0 Å². The van der Waals surface area contributed by atoms with Crippen LogP contribution in [0.3, 0.4) is 0 Å². The number of piperidine rings is 1. The van der Waals surface area contributed by atoms with Crippen molar-refractivity contribution < 1.29 is 9.50 Å². The van der Waals surface area contributed by atoms with E-state index in [1.54, 1.807) is 0 Å². The van der Waals surface area contributed by atoms with Crippen molar-refractivity contribution in [3.63, 3.8) is 0 Å². The topological polar surface area (TPSA) is 49.2 Å². The first-order valence-corrected chi connectivity index (χ1v) is 7.89. The van der Waals surface area contributed by atoms with Crippen LogP contribution in [-0.2, 0) is 0 Å². The van der Waals surface area contributed by atoms with E-state index in [9.17, 15) is 9.50 Å². The number of aryl methyl sites for hydroxylation is 1. The van der Waals surface area contributed by atoms with Crippen LogP contribution in [-0.4, -0.2) is 34.3 Å². The summed E-state index contributed by atoms with van der Waals surface area (Å²) < 4.78 is 14.8.